The fourth-order valence-electron chi connectivity index (χ4n) is 1.30. The predicted molar refractivity (Wildman–Crippen MR) is 59.5 cm³/mol. The molecule has 0 aromatic carbocycles. The number of esters is 1. The number of carbonyl (C=O) groups is 2. The van der Waals surface area contributed by atoms with Gasteiger partial charge in [0.15, 0.2) is 5.78 Å². The van der Waals surface area contributed by atoms with E-state index in [0.29, 0.717) is 6.61 Å². The van der Waals surface area contributed by atoms with Gasteiger partial charge in [0.1, 0.15) is 0 Å². The maximum atomic E-state index is 11.4. The molecule has 0 N–H and O–H groups in total. The molecule has 0 aliphatic rings. The maximum Gasteiger partial charge on any atom is 0.341 e. The van der Waals surface area contributed by atoms with Crippen LogP contribution in [0.1, 0.15) is 40.5 Å². The summed E-state index contributed by atoms with van der Waals surface area (Å²) < 4.78 is 4.83. The highest BCUT2D eigenvalue weighted by molar-refractivity contribution is 6.16. The summed E-state index contributed by atoms with van der Waals surface area (Å²) in [4.78, 5) is 22.7. The lowest BCUT2D eigenvalue weighted by atomic mass is 9.98. The molecule has 0 spiro atoms. The molecule has 0 radical (unpaired) electrons. The van der Waals surface area contributed by atoms with E-state index in [9.17, 15) is 9.59 Å². The van der Waals surface area contributed by atoms with E-state index in [1.807, 2.05) is 13.8 Å². The van der Waals surface area contributed by atoms with Gasteiger partial charge in [-0.05, 0) is 32.6 Å². The molecular formula is C12H20O3. The topological polar surface area (TPSA) is 43.4 Å². The highest BCUT2D eigenvalue weighted by Crippen LogP contribution is 2.13. The van der Waals surface area contributed by atoms with E-state index in [2.05, 4.69) is 0 Å². The van der Waals surface area contributed by atoms with Crippen LogP contribution in [-0.4, -0.2) is 18.4 Å². The third-order valence-electron chi connectivity index (χ3n) is 2.33. The summed E-state index contributed by atoms with van der Waals surface area (Å²) in [5, 5.41) is 0. The Labute approximate surface area is 91.5 Å². The van der Waals surface area contributed by atoms with Crippen molar-refractivity contribution in [1.82, 2.24) is 0 Å². The van der Waals surface area contributed by atoms with Crippen LogP contribution in [0.25, 0.3) is 0 Å². The van der Waals surface area contributed by atoms with Crippen LogP contribution in [0.5, 0.6) is 0 Å². The van der Waals surface area contributed by atoms with Crippen molar-refractivity contribution in [3.63, 3.8) is 0 Å². The van der Waals surface area contributed by atoms with Crippen LogP contribution in [0.4, 0.5) is 0 Å². The normalized spacial score (nSPS) is 11.7. The molecule has 0 fully saturated rings. The van der Waals surface area contributed by atoms with Gasteiger partial charge in [-0.3, -0.25) is 4.79 Å². The van der Waals surface area contributed by atoms with Gasteiger partial charge >= 0.3 is 5.97 Å². The van der Waals surface area contributed by atoms with Crippen LogP contribution >= 0.6 is 0 Å². The first-order valence-corrected chi connectivity index (χ1v) is 5.46. The Morgan fingerprint density at radius 1 is 1.20 bits per heavy atom. The fraction of sp³-hybridized carbons (Fsp3) is 0.667. The van der Waals surface area contributed by atoms with Gasteiger partial charge in [-0.25, -0.2) is 4.79 Å². The first kappa shape index (κ1) is 13.9. The third-order valence-corrected chi connectivity index (χ3v) is 2.33. The summed E-state index contributed by atoms with van der Waals surface area (Å²) in [6.45, 7) is 7.49. The molecular weight excluding hydrogens is 192 g/mol. The second kappa shape index (κ2) is 7.21. The highest BCUT2D eigenvalue weighted by atomic mass is 16.5. The minimum atomic E-state index is -0.503. The third kappa shape index (κ3) is 4.77. The Bertz CT molecular complexity index is 250. The van der Waals surface area contributed by atoms with Crippen molar-refractivity contribution in [2.75, 3.05) is 6.61 Å². The summed E-state index contributed by atoms with van der Waals surface area (Å²) in [5.41, 5.74) is 0.186. The zero-order chi connectivity index (χ0) is 11.8. The van der Waals surface area contributed by atoms with Crippen molar-refractivity contribution in [1.29, 1.82) is 0 Å². The van der Waals surface area contributed by atoms with Crippen LogP contribution < -0.4 is 0 Å². The minimum Gasteiger partial charge on any atom is -0.462 e. The average molecular weight is 212 g/mol. The summed E-state index contributed by atoms with van der Waals surface area (Å²) in [5.74, 6) is -0.453. The Hall–Kier alpha value is -1.12. The summed E-state index contributed by atoms with van der Waals surface area (Å²) in [6, 6.07) is 0. The molecule has 0 bridgehead atoms. The summed E-state index contributed by atoms with van der Waals surface area (Å²) >= 11 is 0. The van der Waals surface area contributed by atoms with Crippen molar-refractivity contribution >= 4 is 11.8 Å². The van der Waals surface area contributed by atoms with Gasteiger partial charge in [-0.15, -0.1) is 0 Å². The van der Waals surface area contributed by atoms with E-state index < -0.39 is 5.97 Å². The van der Waals surface area contributed by atoms with E-state index in [0.717, 1.165) is 12.8 Å². The first-order valence-electron chi connectivity index (χ1n) is 5.46. The molecule has 0 saturated carbocycles. The summed E-state index contributed by atoms with van der Waals surface area (Å²) in [6.07, 6.45) is 3.58. The monoisotopic (exact) mass is 212 g/mol. The second-order valence-corrected chi connectivity index (χ2v) is 3.43. The van der Waals surface area contributed by atoms with Crippen molar-refractivity contribution in [2.24, 2.45) is 5.92 Å². The maximum absolute atomic E-state index is 11.4. The minimum absolute atomic E-state index is 0.186. The largest absolute Gasteiger partial charge is 0.462 e. The standard InChI is InChI=1S/C12H20O3/c1-5-10(6-2)8-11(9(4)13)12(14)15-7-3/h8,10H,5-7H2,1-4H3. The molecule has 15 heavy (non-hydrogen) atoms. The van der Waals surface area contributed by atoms with Gasteiger partial charge in [0.2, 0.25) is 0 Å². The molecule has 3 heteroatoms. The zero-order valence-corrected chi connectivity index (χ0v) is 10.0. The first-order chi connectivity index (χ1) is 7.06. The highest BCUT2D eigenvalue weighted by Gasteiger charge is 2.16. The molecule has 0 aliphatic heterocycles. The van der Waals surface area contributed by atoms with Crippen molar-refractivity contribution in [3.8, 4) is 0 Å². The molecule has 0 atom stereocenters. The molecule has 3 nitrogen and oxygen atoms in total. The van der Waals surface area contributed by atoms with Crippen LogP contribution in [0.2, 0.25) is 0 Å². The Morgan fingerprint density at radius 3 is 2.07 bits per heavy atom. The van der Waals surface area contributed by atoms with Crippen molar-refractivity contribution in [2.45, 2.75) is 40.5 Å². The average Bonchev–Trinajstić information content (AvgIpc) is 2.19. The van der Waals surface area contributed by atoms with Crippen LogP contribution in [0.15, 0.2) is 11.6 Å². The molecule has 86 valence electrons. The number of Topliss-reactive ketones (excluding diaryl/α,β-unsaturated/α-hetero) is 1. The number of hydrogen-bond donors (Lipinski definition) is 0. The van der Waals surface area contributed by atoms with Crippen LogP contribution in [0.3, 0.4) is 0 Å². The molecule has 0 saturated heterocycles. The smallest absolute Gasteiger partial charge is 0.341 e. The molecule has 0 rings (SSSR count). The SMILES string of the molecule is CCOC(=O)C(=CC(CC)CC)C(C)=O. The van der Waals surface area contributed by atoms with Crippen LogP contribution in [-0.2, 0) is 14.3 Å². The number of allylic oxidation sites excluding steroid dienone is 1. The van der Waals surface area contributed by atoms with Gasteiger partial charge < -0.3 is 4.74 Å². The molecule has 0 aromatic heterocycles. The lowest BCUT2D eigenvalue weighted by Gasteiger charge is -2.09. The van der Waals surface area contributed by atoms with Crippen molar-refractivity contribution in [3.05, 3.63) is 11.6 Å². The lowest BCUT2D eigenvalue weighted by molar-refractivity contribution is -0.139. The van der Waals surface area contributed by atoms with Gasteiger partial charge in [-0.2, -0.15) is 0 Å². The number of hydrogen-bond acceptors (Lipinski definition) is 3. The predicted octanol–water partition coefficient (Wildman–Crippen LogP) is 2.50. The Balaban J connectivity index is 4.79. The summed E-state index contributed by atoms with van der Waals surface area (Å²) in [7, 11) is 0. The second-order valence-electron chi connectivity index (χ2n) is 3.43. The number of ether oxygens (including phenoxy) is 1. The fourth-order valence-corrected chi connectivity index (χ4v) is 1.30. The Kier molecular flexibility index (Phi) is 6.67. The quantitative estimate of drug-likeness (QED) is 0.294. The Morgan fingerprint density at radius 2 is 1.73 bits per heavy atom. The zero-order valence-electron chi connectivity index (χ0n) is 10.0. The molecule has 0 unspecified atom stereocenters. The van der Waals surface area contributed by atoms with Gasteiger partial charge in [0.25, 0.3) is 0 Å². The van der Waals surface area contributed by atoms with E-state index in [4.69, 9.17) is 4.74 Å². The number of ketones is 1. The van der Waals surface area contributed by atoms with Gasteiger partial charge in [-0.1, -0.05) is 19.9 Å². The molecule has 0 aliphatic carbocycles. The number of carbonyl (C=O) groups excluding carboxylic acids is 2. The molecule has 0 aromatic rings. The van der Waals surface area contributed by atoms with Crippen molar-refractivity contribution < 1.29 is 14.3 Å². The van der Waals surface area contributed by atoms with Crippen LogP contribution in [0, 0.1) is 5.92 Å². The van der Waals surface area contributed by atoms with E-state index >= 15 is 0 Å². The van der Waals surface area contributed by atoms with E-state index in [1.54, 1.807) is 13.0 Å². The van der Waals surface area contributed by atoms with E-state index in [-0.39, 0.29) is 17.3 Å². The molecule has 0 heterocycles. The van der Waals surface area contributed by atoms with E-state index in [1.165, 1.54) is 6.92 Å². The molecule has 0 amide bonds. The lowest BCUT2D eigenvalue weighted by Crippen LogP contribution is -2.15. The van der Waals surface area contributed by atoms with Gasteiger partial charge in [0, 0.05) is 0 Å². The van der Waals surface area contributed by atoms with Gasteiger partial charge in [0.05, 0.1) is 12.2 Å². The number of rotatable bonds is 6.